The van der Waals surface area contributed by atoms with E-state index >= 15 is 0 Å². The summed E-state index contributed by atoms with van der Waals surface area (Å²) in [5, 5.41) is 10.3. The van der Waals surface area contributed by atoms with Crippen LogP contribution in [-0.4, -0.2) is 16.9 Å². The lowest BCUT2D eigenvalue weighted by molar-refractivity contribution is -0.141. The van der Waals surface area contributed by atoms with Gasteiger partial charge in [-0.05, 0) is 31.1 Å². The zero-order valence-electron chi connectivity index (χ0n) is 9.98. The molecule has 3 unspecified atom stereocenters. The first-order valence-corrected chi connectivity index (χ1v) is 6.04. The molecule has 96 valence electrons. The number of hydrogen-bond acceptors (Lipinski definition) is 1. The molecule has 1 N–H and O–H groups in total. The van der Waals surface area contributed by atoms with Gasteiger partial charge in [0.15, 0.2) is 0 Å². The second-order valence-electron chi connectivity index (χ2n) is 5.23. The predicted molar refractivity (Wildman–Crippen MR) is 57.0 cm³/mol. The highest BCUT2D eigenvalue weighted by Gasteiger charge is 2.40. The standard InChI is InChI=1S/C12H21F3O/c1-9-5-3-6-11(16,10(9)2)7-4-8-12(13,14)15/h9-10,16H,3-8H2,1-2H3. The first-order chi connectivity index (χ1) is 7.25. The van der Waals surface area contributed by atoms with Crippen molar-refractivity contribution in [2.75, 3.05) is 0 Å². The molecule has 1 rings (SSSR count). The maximum Gasteiger partial charge on any atom is 0.389 e. The van der Waals surface area contributed by atoms with E-state index in [1.165, 1.54) is 0 Å². The molecule has 0 radical (unpaired) electrons. The SMILES string of the molecule is CC1CCCC(O)(CCCC(F)(F)F)C1C. The summed E-state index contributed by atoms with van der Waals surface area (Å²) < 4.78 is 36.1. The molecule has 1 aliphatic rings. The van der Waals surface area contributed by atoms with Crippen LogP contribution in [0.1, 0.15) is 52.4 Å². The molecule has 0 spiro atoms. The van der Waals surface area contributed by atoms with Crippen molar-refractivity contribution in [2.45, 2.75) is 64.1 Å². The van der Waals surface area contributed by atoms with Crippen LogP contribution in [0.2, 0.25) is 0 Å². The summed E-state index contributed by atoms with van der Waals surface area (Å²) in [5.41, 5.74) is -0.872. The van der Waals surface area contributed by atoms with Crippen molar-refractivity contribution in [1.29, 1.82) is 0 Å². The van der Waals surface area contributed by atoms with Gasteiger partial charge in [-0.25, -0.2) is 0 Å². The van der Waals surface area contributed by atoms with Crippen LogP contribution >= 0.6 is 0 Å². The number of halogens is 3. The summed E-state index contributed by atoms with van der Waals surface area (Å²) in [4.78, 5) is 0. The highest BCUT2D eigenvalue weighted by molar-refractivity contribution is 4.90. The number of aliphatic hydroxyl groups is 1. The molecule has 1 fully saturated rings. The minimum Gasteiger partial charge on any atom is -0.390 e. The van der Waals surface area contributed by atoms with E-state index in [4.69, 9.17) is 0 Å². The first kappa shape index (κ1) is 13.8. The lowest BCUT2D eigenvalue weighted by Crippen LogP contribution is -2.43. The van der Waals surface area contributed by atoms with Gasteiger partial charge in [-0.15, -0.1) is 0 Å². The second kappa shape index (κ2) is 4.94. The van der Waals surface area contributed by atoms with Crippen LogP contribution in [0.5, 0.6) is 0 Å². The van der Waals surface area contributed by atoms with E-state index in [0.717, 1.165) is 12.8 Å². The highest BCUT2D eigenvalue weighted by Crippen LogP contribution is 2.41. The highest BCUT2D eigenvalue weighted by atomic mass is 19.4. The van der Waals surface area contributed by atoms with Gasteiger partial charge in [-0.2, -0.15) is 13.2 Å². The van der Waals surface area contributed by atoms with Crippen molar-refractivity contribution < 1.29 is 18.3 Å². The fourth-order valence-corrected chi connectivity index (χ4v) is 2.69. The minimum atomic E-state index is -4.10. The van der Waals surface area contributed by atoms with Crippen LogP contribution in [0.25, 0.3) is 0 Å². The average Bonchev–Trinajstić information content (AvgIpc) is 2.12. The van der Waals surface area contributed by atoms with Gasteiger partial charge < -0.3 is 5.11 Å². The van der Waals surface area contributed by atoms with Crippen LogP contribution < -0.4 is 0 Å². The Morgan fingerprint density at radius 3 is 2.50 bits per heavy atom. The Morgan fingerprint density at radius 1 is 1.31 bits per heavy atom. The van der Waals surface area contributed by atoms with E-state index in [0.29, 0.717) is 12.3 Å². The molecule has 0 heterocycles. The quantitative estimate of drug-likeness (QED) is 0.790. The Balaban J connectivity index is 2.44. The van der Waals surface area contributed by atoms with Gasteiger partial charge >= 0.3 is 6.18 Å². The molecule has 1 nitrogen and oxygen atoms in total. The van der Waals surface area contributed by atoms with E-state index in [1.807, 2.05) is 6.92 Å². The Morgan fingerprint density at radius 2 is 1.94 bits per heavy atom. The van der Waals surface area contributed by atoms with E-state index in [2.05, 4.69) is 6.92 Å². The molecule has 3 atom stereocenters. The Hall–Kier alpha value is -0.250. The van der Waals surface area contributed by atoms with Crippen LogP contribution in [0.15, 0.2) is 0 Å². The number of hydrogen-bond donors (Lipinski definition) is 1. The summed E-state index contributed by atoms with van der Waals surface area (Å²) in [6.45, 7) is 4.02. The monoisotopic (exact) mass is 238 g/mol. The van der Waals surface area contributed by atoms with Gasteiger partial charge in [0.2, 0.25) is 0 Å². The van der Waals surface area contributed by atoms with Gasteiger partial charge in [0, 0.05) is 6.42 Å². The average molecular weight is 238 g/mol. The normalized spacial score (nSPS) is 36.4. The van der Waals surface area contributed by atoms with Gasteiger partial charge in [0.1, 0.15) is 0 Å². The van der Waals surface area contributed by atoms with E-state index in [9.17, 15) is 18.3 Å². The molecule has 0 amide bonds. The van der Waals surface area contributed by atoms with Crippen molar-refractivity contribution in [1.82, 2.24) is 0 Å². The summed E-state index contributed by atoms with van der Waals surface area (Å²) in [6, 6.07) is 0. The molecule has 1 saturated carbocycles. The maximum absolute atomic E-state index is 12.0. The van der Waals surface area contributed by atoms with Crippen molar-refractivity contribution in [3.05, 3.63) is 0 Å². The van der Waals surface area contributed by atoms with Crippen LogP contribution in [-0.2, 0) is 0 Å². The molecule has 16 heavy (non-hydrogen) atoms. The van der Waals surface area contributed by atoms with Crippen LogP contribution in [0.3, 0.4) is 0 Å². The van der Waals surface area contributed by atoms with Crippen molar-refractivity contribution >= 4 is 0 Å². The largest absolute Gasteiger partial charge is 0.390 e. The van der Waals surface area contributed by atoms with E-state index in [1.54, 1.807) is 0 Å². The maximum atomic E-state index is 12.0. The third kappa shape index (κ3) is 3.65. The molecule has 0 bridgehead atoms. The number of rotatable bonds is 3. The fraction of sp³-hybridized carbons (Fsp3) is 1.00. The second-order valence-corrected chi connectivity index (χ2v) is 5.23. The topological polar surface area (TPSA) is 20.2 Å². The minimum absolute atomic E-state index is 0.0388. The van der Waals surface area contributed by atoms with Gasteiger partial charge in [0.05, 0.1) is 5.60 Å². The number of alkyl halides is 3. The van der Waals surface area contributed by atoms with E-state index < -0.39 is 18.2 Å². The summed E-state index contributed by atoms with van der Waals surface area (Å²) >= 11 is 0. The van der Waals surface area contributed by atoms with E-state index in [-0.39, 0.29) is 18.8 Å². The molecule has 1 aliphatic carbocycles. The third-order valence-corrected chi connectivity index (χ3v) is 4.04. The Kier molecular flexibility index (Phi) is 4.27. The van der Waals surface area contributed by atoms with Gasteiger partial charge in [-0.1, -0.05) is 26.7 Å². The molecule has 4 heteroatoms. The summed E-state index contributed by atoms with van der Waals surface area (Å²) in [7, 11) is 0. The van der Waals surface area contributed by atoms with Crippen LogP contribution in [0, 0.1) is 11.8 Å². The van der Waals surface area contributed by atoms with Crippen molar-refractivity contribution in [3.63, 3.8) is 0 Å². The molecule has 0 aliphatic heterocycles. The van der Waals surface area contributed by atoms with Gasteiger partial charge in [0.25, 0.3) is 0 Å². The molecular weight excluding hydrogens is 217 g/mol. The molecule has 0 saturated heterocycles. The zero-order valence-corrected chi connectivity index (χ0v) is 9.98. The smallest absolute Gasteiger partial charge is 0.389 e. The lowest BCUT2D eigenvalue weighted by Gasteiger charge is -2.42. The Labute approximate surface area is 95.0 Å². The predicted octanol–water partition coefficient (Wildman–Crippen LogP) is 3.91. The summed E-state index contributed by atoms with van der Waals surface area (Å²) in [6.07, 6.45) is -1.92. The molecule has 0 aromatic carbocycles. The fourth-order valence-electron chi connectivity index (χ4n) is 2.69. The van der Waals surface area contributed by atoms with Crippen LogP contribution in [0.4, 0.5) is 13.2 Å². The van der Waals surface area contributed by atoms with Crippen molar-refractivity contribution in [2.24, 2.45) is 11.8 Å². The Bertz CT molecular complexity index is 227. The lowest BCUT2D eigenvalue weighted by atomic mass is 9.68. The zero-order chi connectivity index (χ0) is 12.4. The van der Waals surface area contributed by atoms with Crippen molar-refractivity contribution in [3.8, 4) is 0 Å². The summed E-state index contributed by atoms with van der Waals surface area (Å²) in [5.74, 6) is 0.513. The molecule has 0 aromatic heterocycles. The third-order valence-electron chi connectivity index (χ3n) is 4.04. The first-order valence-electron chi connectivity index (χ1n) is 6.04. The molecular formula is C12H21F3O. The molecule has 0 aromatic rings. The van der Waals surface area contributed by atoms with Gasteiger partial charge in [-0.3, -0.25) is 0 Å².